The van der Waals surface area contributed by atoms with Crippen molar-refractivity contribution in [2.75, 3.05) is 6.54 Å². The van der Waals surface area contributed by atoms with E-state index < -0.39 is 23.5 Å². The summed E-state index contributed by atoms with van der Waals surface area (Å²) in [6.45, 7) is 4.51. The minimum atomic E-state index is -1.18. The molecule has 1 aliphatic rings. The van der Waals surface area contributed by atoms with E-state index in [-0.39, 0.29) is 23.6 Å². The van der Waals surface area contributed by atoms with Gasteiger partial charge in [0.05, 0.1) is 0 Å². The number of hydrogen-bond donors (Lipinski definition) is 2. The van der Waals surface area contributed by atoms with Gasteiger partial charge in [0.1, 0.15) is 5.82 Å². The van der Waals surface area contributed by atoms with Gasteiger partial charge in [-0.15, -0.1) is 0 Å². The summed E-state index contributed by atoms with van der Waals surface area (Å²) < 4.78 is 40.0. The predicted octanol–water partition coefficient (Wildman–Crippen LogP) is 3.27. The Labute approximate surface area is 117 Å². The molecule has 0 radical (unpaired) electrons. The molecule has 1 fully saturated rings. The van der Waals surface area contributed by atoms with Crippen LogP contribution in [0.4, 0.5) is 13.2 Å². The van der Waals surface area contributed by atoms with Crippen LogP contribution in [0.3, 0.4) is 0 Å². The molecule has 0 heterocycles. The molecule has 2 rings (SSSR count). The average molecular weight is 286 g/mol. The van der Waals surface area contributed by atoms with Gasteiger partial charge >= 0.3 is 0 Å². The maximum Gasteiger partial charge on any atom is 0.161 e. The number of hydrogen-bond acceptors (Lipinski definition) is 2. The van der Waals surface area contributed by atoms with Gasteiger partial charge in [0.25, 0.3) is 0 Å². The molecule has 1 aromatic rings. The Balaban J connectivity index is 2.15. The third-order valence-corrected chi connectivity index (χ3v) is 4.06. The molecule has 0 spiro atoms. The molecule has 2 nitrogen and oxygen atoms in total. The van der Waals surface area contributed by atoms with Crippen molar-refractivity contribution in [3.05, 3.63) is 35.1 Å². The Kier molecular flexibility index (Phi) is 4.39. The number of halogens is 3. The summed E-state index contributed by atoms with van der Waals surface area (Å²) in [6.07, 6.45) is 3.03. The molecule has 1 aromatic carbocycles. The molecule has 1 aliphatic carbocycles. The van der Waals surface area contributed by atoms with Crippen LogP contribution in [-0.2, 0) is 0 Å². The fourth-order valence-electron chi connectivity index (χ4n) is 2.95. The number of nitrogens with one attached hydrogen (secondary N) is 1. The van der Waals surface area contributed by atoms with Crippen LogP contribution < -0.4 is 11.1 Å². The lowest BCUT2D eigenvalue weighted by molar-refractivity contribution is 0.351. The SMILES string of the molecule is CC1(C)CCC(NC(CN)c2cc(F)c(F)cc2F)C1. The second-order valence-corrected chi connectivity index (χ2v) is 6.35. The summed E-state index contributed by atoms with van der Waals surface area (Å²) in [6, 6.07) is 1.21. The molecule has 5 heteroatoms. The van der Waals surface area contributed by atoms with Gasteiger partial charge in [-0.25, -0.2) is 13.2 Å². The Hall–Kier alpha value is -1.07. The fraction of sp³-hybridized carbons (Fsp3) is 0.600. The molecule has 0 amide bonds. The first kappa shape index (κ1) is 15.3. The lowest BCUT2D eigenvalue weighted by atomic mass is 9.91. The molecule has 3 N–H and O–H groups in total. The van der Waals surface area contributed by atoms with Crippen LogP contribution in [0.2, 0.25) is 0 Å². The number of nitrogens with two attached hydrogens (primary N) is 1. The second-order valence-electron chi connectivity index (χ2n) is 6.35. The summed E-state index contributed by atoms with van der Waals surface area (Å²) in [7, 11) is 0. The molecular formula is C15H21F3N2. The first-order chi connectivity index (χ1) is 9.32. The Morgan fingerprint density at radius 3 is 2.45 bits per heavy atom. The van der Waals surface area contributed by atoms with Gasteiger partial charge in [0, 0.05) is 30.3 Å². The second kappa shape index (κ2) is 5.74. The lowest BCUT2D eigenvalue weighted by Crippen LogP contribution is -2.36. The predicted molar refractivity (Wildman–Crippen MR) is 72.7 cm³/mol. The quantitative estimate of drug-likeness (QED) is 0.834. The van der Waals surface area contributed by atoms with Gasteiger partial charge in [-0.3, -0.25) is 0 Å². The molecule has 2 atom stereocenters. The van der Waals surface area contributed by atoms with Crippen LogP contribution in [0.15, 0.2) is 12.1 Å². The smallest absolute Gasteiger partial charge is 0.161 e. The van der Waals surface area contributed by atoms with E-state index >= 15 is 0 Å². The van der Waals surface area contributed by atoms with Crippen molar-refractivity contribution in [3.63, 3.8) is 0 Å². The van der Waals surface area contributed by atoms with E-state index in [2.05, 4.69) is 19.2 Å². The minimum absolute atomic E-state index is 0.0936. The van der Waals surface area contributed by atoms with E-state index in [9.17, 15) is 13.2 Å². The molecule has 0 aromatic heterocycles. The van der Waals surface area contributed by atoms with Crippen molar-refractivity contribution in [2.45, 2.75) is 45.2 Å². The van der Waals surface area contributed by atoms with Crippen LogP contribution in [0.5, 0.6) is 0 Å². The monoisotopic (exact) mass is 286 g/mol. The minimum Gasteiger partial charge on any atom is -0.329 e. The topological polar surface area (TPSA) is 38.0 Å². The summed E-state index contributed by atoms with van der Waals surface area (Å²) >= 11 is 0. The van der Waals surface area contributed by atoms with Crippen molar-refractivity contribution in [2.24, 2.45) is 11.1 Å². The first-order valence-electron chi connectivity index (χ1n) is 6.93. The van der Waals surface area contributed by atoms with Gasteiger partial charge in [0.15, 0.2) is 11.6 Å². The van der Waals surface area contributed by atoms with E-state index in [1.54, 1.807) is 0 Å². The lowest BCUT2D eigenvalue weighted by Gasteiger charge is -2.24. The van der Waals surface area contributed by atoms with Crippen LogP contribution >= 0.6 is 0 Å². The summed E-state index contributed by atoms with van der Waals surface area (Å²) in [4.78, 5) is 0. The zero-order valence-corrected chi connectivity index (χ0v) is 11.8. The first-order valence-corrected chi connectivity index (χ1v) is 6.93. The van der Waals surface area contributed by atoms with Gasteiger partial charge in [-0.1, -0.05) is 13.8 Å². The third-order valence-electron chi connectivity index (χ3n) is 4.06. The van der Waals surface area contributed by atoms with Gasteiger partial charge in [-0.05, 0) is 30.7 Å². The van der Waals surface area contributed by atoms with E-state index in [0.29, 0.717) is 6.07 Å². The maximum absolute atomic E-state index is 13.8. The standard InChI is InChI=1S/C15H21F3N2/c1-15(2)4-3-9(7-15)20-14(8-19)10-5-12(17)13(18)6-11(10)16/h5-6,9,14,20H,3-4,7-8,19H2,1-2H3. The van der Waals surface area contributed by atoms with Gasteiger partial charge in [0.2, 0.25) is 0 Å². The van der Waals surface area contributed by atoms with Crippen molar-refractivity contribution >= 4 is 0 Å². The summed E-state index contributed by atoms with van der Waals surface area (Å²) in [5.74, 6) is -2.98. The maximum atomic E-state index is 13.8. The zero-order chi connectivity index (χ0) is 14.9. The molecule has 0 saturated heterocycles. The highest BCUT2D eigenvalue weighted by molar-refractivity contribution is 5.24. The summed E-state index contributed by atoms with van der Waals surface area (Å²) in [5.41, 5.74) is 6.01. The highest BCUT2D eigenvalue weighted by Gasteiger charge is 2.32. The summed E-state index contributed by atoms with van der Waals surface area (Å²) in [5, 5.41) is 3.27. The van der Waals surface area contributed by atoms with Crippen molar-refractivity contribution in [1.82, 2.24) is 5.32 Å². The number of benzene rings is 1. The third kappa shape index (κ3) is 3.33. The molecule has 112 valence electrons. The van der Waals surface area contributed by atoms with E-state index in [0.717, 1.165) is 25.3 Å². The van der Waals surface area contributed by atoms with E-state index in [1.165, 1.54) is 0 Å². The number of rotatable bonds is 4. The highest BCUT2D eigenvalue weighted by Crippen LogP contribution is 2.37. The van der Waals surface area contributed by atoms with Crippen molar-refractivity contribution in [1.29, 1.82) is 0 Å². The highest BCUT2D eigenvalue weighted by atomic mass is 19.2. The molecule has 1 saturated carbocycles. The Morgan fingerprint density at radius 2 is 1.90 bits per heavy atom. The van der Waals surface area contributed by atoms with E-state index in [4.69, 9.17) is 5.73 Å². The van der Waals surface area contributed by atoms with Crippen LogP contribution in [-0.4, -0.2) is 12.6 Å². The molecule has 2 unspecified atom stereocenters. The van der Waals surface area contributed by atoms with Crippen LogP contribution in [0.1, 0.15) is 44.7 Å². The Morgan fingerprint density at radius 1 is 1.25 bits per heavy atom. The average Bonchev–Trinajstić information content (AvgIpc) is 2.71. The normalized spacial score (nSPS) is 23.0. The zero-order valence-electron chi connectivity index (χ0n) is 11.8. The largest absolute Gasteiger partial charge is 0.329 e. The van der Waals surface area contributed by atoms with Gasteiger partial charge in [-0.2, -0.15) is 0 Å². The van der Waals surface area contributed by atoms with Gasteiger partial charge < -0.3 is 11.1 Å². The molecular weight excluding hydrogens is 265 g/mol. The molecule has 20 heavy (non-hydrogen) atoms. The van der Waals surface area contributed by atoms with Crippen LogP contribution in [0.25, 0.3) is 0 Å². The molecule has 0 bridgehead atoms. The Bertz CT molecular complexity index is 488. The molecule has 0 aliphatic heterocycles. The van der Waals surface area contributed by atoms with E-state index in [1.807, 2.05) is 0 Å². The van der Waals surface area contributed by atoms with Crippen LogP contribution in [0, 0.1) is 22.9 Å². The van der Waals surface area contributed by atoms with Crippen molar-refractivity contribution < 1.29 is 13.2 Å². The fourth-order valence-corrected chi connectivity index (χ4v) is 2.95. The van der Waals surface area contributed by atoms with Crippen molar-refractivity contribution in [3.8, 4) is 0 Å².